The van der Waals surface area contributed by atoms with Crippen LogP contribution >= 0.6 is 0 Å². The predicted octanol–water partition coefficient (Wildman–Crippen LogP) is 2.91. The van der Waals surface area contributed by atoms with Gasteiger partial charge in [-0.2, -0.15) is 0 Å². The standard InChI is InChI=1S/C11H23N/c1-6-10-7-11(4,5)12(8-10)9(2)3/h9-10H,6-8H2,1-5H3. The monoisotopic (exact) mass is 169 g/mol. The molecule has 0 N–H and O–H groups in total. The molecule has 1 aliphatic rings. The summed E-state index contributed by atoms with van der Waals surface area (Å²) in [4.78, 5) is 2.64. The van der Waals surface area contributed by atoms with Crippen LogP contribution in [0.4, 0.5) is 0 Å². The van der Waals surface area contributed by atoms with Crippen LogP contribution < -0.4 is 0 Å². The van der Waals surface area contributed by atoms with Crippen molar-refractivity contribution >= 4 is 0 Å². The summed E-state index contributed by atoms with van der Waals surface area (Å²) in [5, 5.41) is 0. The number of nitrogens with zero attached hydrogens (tertiary/aromatic N) is 1. The third-order valence-corrected chi connectivity index (χ3v) is 3.22. The van der Waals surface area contributed by atoms with Crippen LogP contribution in [0.5, 0.6) is 0 Å². The van der Waals surface area contributed by atoms with Crippen molar-refractivity contribution in [3.05, 3.63) is 0 Å². The third-order valence-electron chi connectivity index (χ3n) is 3.22. The molecule has 1 aliphatic heterocycles. The van der Waals surface area contributed by atoms with Crippen LogP contribution in [-0.4, -0.2) is 23.0 Å². The van der Waals surface area contributed by atoms with Crippen molar-refractivity contribution in [2.24, 2.45) is 5.92 Å². The molecule has 0 aromatic heterocycles. The zero-order chi connectivity index (χ0) is 9.35. The van der Waals surface area contributed by atoms with Crippen LogP contribution in [0.1, 0.15) is 47.5 Å². The molecule has 1 saturated heterocycles. The Morgan fingerprint density at radius 1 is 1.42 bits per heavy atom. The molecular formula is C11H23N. The highest BCUT2D eigenvalue weighted by Crippen LogP contribution is 2.35. The largest absolute Gasteiger partial charge is 0.296 e. The van der Waals surface area contributed by atoms with Gasteiger partial charge in [-0.15, -0.1) is 0 Å². The molecule has 0 saturated carbocycles. The predicted molar refractivity (Wildman–Crippen MR) is 54.3 cm³/mol. The zero-order valence-electron chi connectivity index (χ0n) is 9.22. The second-order valence-corrected chi connectivity index (χ2v) is 5.04. The quantitative estimate of drug-likeness (QED) is 0.614. The van der Waals surface area contributed by atoms with E-state index in [0.29, 0.717) is 11.6 Å². The first kappa shape index (κ1) is 10.0. The maximum atomic E-state index is 2.64. The summed E-state index contributed by atoms with van der Waals surface area (Å²) >= 11 is 0. The lowest BCUT2D eigenvalue weighted by Gasteiger charge is -2.34. The van der Waals surface area contributed by atoms with E-state index in [-0.39, 0.29) is 0 Å². The lowest BCUT2D eigenvalue weighted by Crippen LogP contribution is -2.42. The topological polar surface area (TPSA) is 3.24 Å². The van der Waals surface area contributed by atoms with Gasteiger partial charge in [-0.05, 0) is 40.0 Å². The van der Waals surface area contributed by atoms with E-state index in [1.165, 1.54) is 19.4 Å². The van der Waals surface area contributed by atoms with Crippen LogP contribution in [-0.2, 0) is 0 Å². The van der Waals surface area contributed by atoms with E-state index in [1.54, 1.807) is 0 Å². The number of hydrogen-bond donors (Lipinski definition) is 0. The molecule has 12 heavy (non-hydrogen) atoms. The minimum atomic E-state index is 0.439. The summed E-state index contributed by atoms with van der Waals surface area (Å²) in [6, 6.07) is 0.705. The number of rotatable bonds is 2. The van der Waals surface area contributed by atoms with E-state index in [9.17, 15) is 0 Å². The van der Waals surface area contributed by atoms with E-state index in [4.69, 9.17) is 0 Å². The molecule has 1 atom stereocenters. The lowest BCUT2D eigenvalue weighted by atomic mass is 9.95. The average molecular weight is 169 g/mol. The smallest absolute Gasteiger partial charge is 0.0159 e. The fourth-order valence-electron chi connectivity index (χ4n) is 2.60. The van der Waals surface area contributed by atoms with Crippen molar-refractivity contribution in [2.75, 3.05) is 6.54 Å². The van der Waals surface area contributed by atoms with E-state index in [2.05, 4.69) is 39.5 Å². The summed E-state index contributed by atoms with van der Waals surface area (Å²) in [5.41, 5.74) is 0.439. The van der Waals surface area contributed by atoms with E-state index in [1.807, 2.05) is 0 Å². The van der Waals surface area contributed by atoms with E-state index < -0.39 is 0 Å². The van der Waals surface area contributed by atoms with Gasteiger partial charge >= 0.3 is 0 Å². The maximum Gasteiger partial charge on any atom is 0.0159 e. The first-order valence-corrected chi connectivity index (χ1v) is 5.24. The second kappa shape index (κ2) is 3.37. The molecule has 1 nitrogen and oxygen atoms in total. The van der Waals surface area contributed by atoms with Gasteiger partial charge in [0, 0.05) is 18.1 Å². The minimum Gasteiger partial charge on any atom is -0.296 e. The molecule has 1 rings (SSSR count). The van der Waals surface area contributed by atoms with Crippen molar-refractivity contribution in [3.63, 3.8) is 0 Å². The van der Waals surface area contributed by atoms with Crippen LogP contribution in [0, 0.1) is 5.92 Å². The van der Waals surface area contributed by atoms with Crippen molar-refractivity contribution in [1.29, 1.82) is 0 Å². The highest BCUT2D eigenvalue weighted by Gasteiger charge is 2.38. The molecule has 0 aliphatic carbocycles. The Morgan fingerprint density at radius 2 is 2.00 bits per heavy atom. The SMILES string of the molecule is CCC1CN(C(C)C)C(C)(C)C1. The first-order valence-electron chi connectivity index (χ1n) is 5.24. The van der Waals surface area contributed by atoms with Crippen LogP contribution in [0.25, 0.3) is 0 Å². The highest BCUT2D eigenvalue weighted by molar-refractivity contribution is 4.93. The fraction of sp³-hybridized carbons (Fsp3) is 1.00. The summed E-state index contributed by atoms with van der Waals surface area (Å²) in [6.07, 6.45) is 2.72. The van der Waals surface area contributed by atoms with Crippen LogP contribution in [0.3, 0.4) is 0 Å². The van der Waals surface area contributed by atoms with Gasteiger partial charge in [-0.25, -0.2) is 0 Å². The van der Waals surface area contributed by atoms with Gasteiger partial charge in [0.05, 0.1) is 0 Å². The lowest BCUT2D eigenvalue weighted by molar-refractivity contribution is 0.134. The molecule has 1 heterocycles. The Bertz CT molecular complexity index is 149. The Kier molecular flexibility index (Phi) is 2.82. The first-order chi connectivity index (χ1) is 5.47. The van der Waals surface area contributed by atoms with Crippen molar-refractivity contribution in [2.45, 2.75) is 59.0 Å². The molecule has 1 heteroatoms. The molecule has 1 fully saturated rings. The second-order valence-electron chi connectivity index (χ2n) is 5.04. The van der Waals surface area contributed by atoms with Gasteiger partial charge in [-0.3, -0.25) is 4.90 Å². The molecule has 0 bridgehead atoms. The highest BCUT2D eigenvalue weighted by atomic mass is 15.2. The maximum absolute atomic E-state index is 2.64. The normalized spacial score (nSPS) is 30.0. The molecule has 72 valence electrons. The Labute approximate surface area is 77.1 Å². The summed E-state index contributed by atoms with van der Waals surface area (Å²) in [5.74, 6) is 0.933. The molecular weight excluding hydrogens is 146 g/mol. The Hall–Kier alpha value is -0.0400. The minimum absolute atomic E-state index is 0.439. The Balaban J connectivity index is 2.64. The van der Waals surface area contributed by atoms with Gasteiger partial charge in [-0.1, -0.05) is 13.3 Å². The third kappa shape index (κ3) is 1.82. The van der Waals surface area contributed by atoms with Gasteiger partial charge in [0.25, 0.3) is 0 Å². The van der Waals surface area contributed by atoms with Gasteiger partial charge in [0.2, 0.25) is 0 Å². The van der Waals surface area contributed by atoms with E-state index in [0.717, 1.165) is 5.92 Å². The van der Waals surface area contributed by atoms with Gasteiger partial charge < -0.3 is 0 Å². The summed E-state index contributed by atoms with van der Waals surface area (Å²) in [6.45, 7) is 13.0. The average Bonchev–Trinajstić information content (AvgIpc) is 2.25. The zero-order valence-corrected chi connectivity index (χ0v) is 9.22. The van der Waals surface area contributed by atoms with Gasteiger partial charge in [0.1, 0.15) is 0 Å². The molecule has 0 aromatic rings. The number of hydrogen-bond acceptors (Lipinski definition) is 1. The molecule has 0 amide bonds. The molecule has 0 aromatic carbocycles. The summed E-state index contributed by atoms with van der Waals surface area (Å²) in [7, 11) is 0. The molecule has 0 radical (unpaired) electrons. The summed E-state index contributed by atoms with van der Waals surface area (Å²) < 4.78 is 0. The van der Waals surface area contributed by atoms with Gasteiger partial charge in [0.15, 0.2) is 0 Å². The molecule has 1 unspecified atom stereocenters. The van der Waals surface area contributed by atoms with Crippen LogP contribution in [0.2, 0.25) is 0 Å². The van der Waals surface area contributed by atoms with E-state index >= 15 is 0 Å². The van der Waals surface area contributed by atoms with Crippen LogP contribution in [0.15, 0.2) is 0 Å². The fourth-order valence-corrected chi connectivity index (χ4v) is 2.60. The van der Waals surface area contributed by atoms with Crippen molar-refractivity contribution in [1.82, 2.24) is 4.90 Å². The Morgan fingerprint density at radius 3 is 2.25 bits per heavy atom. The van der Waals surface area contributed by atoms with Crippen molar-refractivity contribution < 1.29 is 0 Å². The molecule has 0 spiro atoms. The number of likely N-dealkylation sites (tertiary alicyclic amines) is 1. The van der Waals surface area contributed by atoms with Crippen molar-refractivity contribution in [3.8, 4) is 0 Å².